The van der Waals surface area contributed by atoms with Gasteiger partial charge in [-0.2, -0.15) is 0 Å². The number of aryl methyl sites for hydroxylation is 2. The van der Waals surface area contributed by atoms with E-state index in [2.05, 4.69) is 15.5 Å². The molecule has 0 aliphatic carbocycles. The molecule has 2 heterocycles. The fourth-order valence-electron chi connectivity index (χ4n) is 3.96. The van der Waals surface area contributed by atoms with E-state index in [-0.39, 0.29) is 23.6 Å². The Morgan fingerprint density at radius 2 is 2.00 bits per heavy atom. The standard InChI is InChI=1S/C24H26ClN5O2S/c1-15-6-4-7-17(12-15)23(32)30-11-5-8-20(30)22-27-28-24(29(22)3)33-14-21(31)26-18-10-9-16(2)19(25)13-18/h4,6-7,9-10,12-13,20H,5,8,11,14H2,1-3H3,(H,26,31). The molecule has 1 atom stereocenters. The lowest BCUT2D eigenvalue weighted by atomic mass is 10.1. The van der Waals surface area contributed by atoms with Gasteiger partial charge in [-0.15, -0.1) is 10.2 Å². The van der Waals surface area contributed by atoms with Crippen LogP contribution in [0.25, 0.3) is 0 Å². The highest BCUT2D eigenvalue weighted by Crippen LogP contribution is 2.33. The maximum Gasteiger partial charge on any atom is 0.254 e. The largest absolute Gasteiger partial charge is 0.328 e. The third-order valence-electron chi connectivity index (χ3n) is 5.73. The average molecular weight is 484 g/mol. The highest BCUT2D eigenvalue weighted by molar-refractivity contribution is 7.99. The van der Waals surface area contributed by atoms with Gasteiger partial charge in [0.05, 0.1) is 11.8 Å². The third-order valence-corrected chi connectivity index (χ3v) is 7.16. The van der Waals surface area contributed by atoms with Gasteiger partial charge in [0.2, 0.25) is 5.91 Å². The van der Waals surface area contributed by atoms with Gasteiger partial charge < -0.3 is 14.8 Å². The Kier molecular flexibility index (Phi) is 7.05. The highest BCUT2D eigenvalue weighted by Gasteiger charge is 2.34. The Balaban J connectivity index is 1.42. The van der Waals surface area contributed by atoms with Crippen molar-refractivity contribution in [3.63, 3.8) is 0 Å². The SMILES string of the molecule is Cc1cccc(C(=O)N2CCCC2c2nnc(SCC(=O)Nc3ccc(C)c(Cl)c3)n2C)c1. The summed E-state index contributed by atoms with van der Waals surface area (Å²) in [6.45, 7) is 4.58. The molecule has 172 valence electrons. The van der Waals surface area contributed by atoms with Gasteiger partial charge in [-0.05, 0) is 56.5 Å². The Bertz CT molecular complexity index is 1200. The summed E-state index contributed by atoms with van der Waals surface area (Å²) in [7, 11) is 1.88. The molecule has 0 radical (unpaired) electrons. The van der Waals surface area contributed by atoms with E-state index in [0.29, 0.717) is 28.0 Å². The molecule has 2 aromatic carbocycles. The minimum atomic E-state index is -0.151. The number of benzene rings is 2. The first kappa shape index (κ1) is 23.3. The lowest BCUT2D eigenvalue weighted by molar-refractivity contribution is -0.113. The molecular weight excluding hydrogens is 458 g/mol. The quantitative estimate of drug-likeness (QED) is 0.510. The molecule has 1 aromatic heterocycles. The number of halogens is 1. The molecule has 9 heteroatoms. The predicted octanol–water partition coefficient (Wildman–Crippen LogP) is 4.79. The molecule has 2 amide bonds. The van der Waals surface area contributed by atoms with Crippen molar-refractivity contribution in [2.75, 3.05) is 17.6 Å². The van der Waals surface area contributed by atoms with Crippen LogP contribution in [0.2, 0.25) is 5.02 Å². The van der Waals surface area contributed by atoms with Gasteiger partial charge in [0, 0.05) is 29.9 Å². The van der Waals surface area contributed by atoms with Crippen LogP contribution in [-0.2, 0) is 11.8 Å². The lowest BCUT2D eigenvalue weighted by Crippen LogP contribution is -2.32. The molecule has 1 N–H and O–H groups in total. The highest BCUT2D eigenvalue weighted by atomic mass is 35.5. The van der Waals surface area contributed by atoms with E-state index in [0.717, 1.165) is 29.8 Å². The summed E-state index contributed by atoms with van der Waals surface area (Å²) in [5.41, 5.74) is 3.36. The molecule has 1 aliphatic heterocycles. The molecule has 1 fully saturated rings. The smallest absolute Gasteiger partial charge is 0.254 e. The van der Waals surface area contributed by atoms with Gasteiger partial charge in [-0.3, -0.25) is 9.59 Å². The summed E-state index contributed by atoms with van der Waals surface area (Å²) in [4.78, 5) is 27.4. The van der Waals surface area contributed by atoms with Crippen LogP contribution in [0.4, 0.5) is 5.69 Å². The zero-order valence-electron chi connectivity index (χ0n) is 18.8. The van der Waals surface area contributed by atoms with Crippen LogP contribution in [0.3, 0.4) is 0 Å². The normalized spacial score (nSPS) is 15.6. The van der Waals surface area contributed by atoms with Crippen molar-refractivity contribution >= 4 is 40.9 Å². The number of amides is 2. The number of rotatable bonds is 6. The first-order chi connectivity index (χ1) is 15.8. The van der Waals surface area contributed by atoms with Crippen LogP contribution >= 0.6 is 23.4 Å². The van der Waals surface area contributed by atoms with Gasteiger partial charge in [-0.25, -0.2) is 0 Å². The summed E-state index contributed by atoms with van der Waals surface area (Å²) in [5.74, 6) is 0.784. The zero-order chi connectivity index (χ0) is 23.5. The fourth-order valence-corrected chi connectivity index (χ4v) is 4.86. The van der Waals surface area contributed by atoms with E-state index in [9.17, 15) is 9.59 Å². The predicted molar refractivity (Wildman–Crippen MR) is 131 cm³/mol. The van der Waals surface area contributed by atoms with Gasteiger partial charge in [0.25, 0.3) is 5.91 Å². The number of carbonyl (C=O) groups is 2. The van der Waals surface area contributed by atoms with Crippen molar-refractivity contribution in [3.05, 3.63) is 70.0 Å². The van der Waals surface area contributed by atoms with Crippen LogP contribution in [0, 0.1) is 13.8 Å². The fraction of sp³-hybridized carbons (Fsp3) is 0.333. The van der Waals surface area contributed by atoms with Crippen LogP contribution in [0.5, 0.6) is 0 Å². The van der Waals surface area contributed by atoms with Crippen molar-refractivity contribution in [3.8, 4) is 0 Å². The molecule has 0 bridgehead atoms. The topological polar surface area (TPSA) is 80.1 Å². The van der Waals surface area contributed by atoms with Crippen molar-refractivity contribution in [2.45, 2.75) is 37.9 Å². The third kappa shape index (κ3) is 5.23. The zero-order valence-corrected chi connectivity index (χ0v) is 20.4. The molecule has 1 unspecified atom stereocenters. The molecule has 0 saturated carbocycles. The monoisotopic (exact) mass is 483 g/mol. The van der Waals surface area contributed by atoms with Gasteiger partial charge in [-0.1, -0.05) is 47.1 Å². The second-order valence-electron chi connectivity index (χ2n) is 8.23. The first-order valence-corrected chi connectivity index (χ1v) is 12.2. The Morgan fingerprint density at radius 3 is 2.76 bits per heavy atom. The molecule has 33 heavy (non-hydrogen) atoms. The van der Waals surface area contributed by atoms with E-state index in [4.69, 9.17) is 11.6 Å². The maximum absolute atomic E-state index is 13.1. The van der Waals surface area contributed by atoms with Crippen LogP contribution in [-0.4, -0.2) is 43.8 Å². The summed E-state index contributed by atoms with van der Waals surface area (Å²) in [6, 6.07) is 12.9. The van der Waals surface area contributed by atoms with Crippen LogP contribution in [0.1, 0.15) is 46.2 Å². The number of thioether (sulfide) groups is 1. The second kappa shape index (κ2) is 9.97. The molecule has 0 spiro atoms. The molecule has 1 saturated heterocycles. The first-order valence-electron chi connectivity index (χ1n) is 10.8. The van der Waals surface area contributed by atoms with Gasteiger partial charge >= 0.3 is 0 Å². The summed E-state index contributed by atoms with van der Waals surface area (Å²) in [5, 5.41) is 12.8. The molecule has 7 nitrogen and oxygen atoms in total. The van der Waals surface area contributed by atoms with E-state index < -0.39 is 0 Å². The molecule has 4 rings (SSSR count). The number of nitrogens with one attached hydrogen (secondary N) is 1. The van der Waals surface area contributed by atoms with E-state index in [1.165, 1.54) is 11.8 Å². The van der Waals surface area contributed by atoms with Crippen molar-refractivity contribution < 1.29 is 9.59 Å². The average Bonchev–Trinajstić information content (AvgIpc) is 3.41. The number of carbonyl (C=O) groups excluding carboxylic acids is 2. The van der Waals surface area contributed by atoms with Gasteiger partial charge in [0.1, 0.15) is 0 Å². The van der Waals surface area contributed by atoms with Crippen LogP contribution < -0.4 is 5.32 Å². The maximum atomic E-state index is 13.1. The Hall–Kier alpha value is -2.84. The Morgan fingerprint density at radius 1 is 1.18 bits per heavy atom. The number of likely N-dealkylation sites (tertiary alicyclic amines) is 1. The van der Waals surface area contributed by atoms with E-state index in [1.807, 2.05) is 66.8 Å². The molecule has 3 aromatic rings. The number of anilines is 1. The molecular formula is C24H26ClN5O2S. The lowest BCUT2D eigenvalue weighted by Gasteiger charge is -2.24. The minimum absolute atomic E-state index is 0.00883. The van der Waals surface area contributed by atoms with Crippen molar-refractivity contribution in [1.29, 1.82) is 0 Å². The number of hydrogen-bond acceptors (Lipinski definition) is 5. The summed E-state index contributed by atoms with van der Waals surface area (Å²) < 4.78 is 1.88. The number of hydrogen-bond donors (Lipinski definition) is 1. The van der Waals surface area contributed by atoms with Crippen molar-refractivity contribution in [1.82, 2.24) is 19.7 Å². The van der Waals surface area contributed by atoms with Crippen molar-refractivity contribution in [2.24, 2.45) is 7.05 Å². The second-order valence-corrected chi connectivity index (χ2v) is 9.58. The van der Waals surface area contributed by atoms with E-state index >= 15 is 0 Å². The molecule has 1 aliphatic rings. The Labute approximate surface area is 202 Å². The van der Waals surface area contributed by atoms with Crippen LogP contribution in [0.15, 0.2) is 47.6 Å². The number of nitrogens with zero attached hydrogens (tertiary/aromatic N) is 4. The minimum Gasteiger partial charge on any atom is -0.328 e. The van der Waals surface area contributed by atoms with Gasteiger partial charge in [0.15, 0.2) is 11.0 Å². The summed E-state index contributed by atoms with van der Waals surface area (Å²) >= 11 is 7.44. The van der Waals surface area contributed by atoms with E-state index in [1.54, 1.807) is 6.07 Å². The number of aromatic nitrogens is 3. The summed E-state index contributed by atoms with van der Waals surface area (Å²) in [6.07, 6.45) is 1.75.